The molecule has 1 aromatic heterocycles. The number of amides is 2. The number of anilines is 1. The summed E-state index contributed by atoms with van der Waals surface area (Å²) in [6.07, 6.45) is 3.33. The third kappa shape index (κ3) is 3.23. The maximum absolute atomic E-state index is 13.6. The summed E-state index contributed by atoms with van der Waals surface area (Å²) in [5.74, 6) is -1.71. The summed E-state index contributed by atoms with van der Waals surface area (Å²) in [5.41, 5.74) is 1.70. The zero-order valence-electron chi connectivity index (χ0n) is 14.5. The van der Waals surface area contributed by atoms with E-state index in [0.717, 1.165) is 10.6 Å². The van der Waals surface area contributed by atoms with Crippen LogP contribution in [-0.2, 0) is 9.59 Å². The van der Waals surface area contributed by atoms with Crippen molar-refractivity contribution in [2.24, 2.45) is 0 Å². The van der Waals surface area contributed by atoms with E-state index in [9.17, 15) is 14.0 Å². The van der Waals surface area contributed by atoms with Gasteiger partial charge in [-0.05, 0) is 60.8 Å². The molecular weight excluding hydrogens is 377 g/mol. The van der Waals surface area contributed by atoms with E-state index in [4.69, 9.17) is 12.2 Å². The fraction of sp³-hybridized carbons (Fsp3) is 0. The van der Waals surface area contributed by atoms with Gasteiger partial charge in [0, 0.05) is 17.6 Å². The molecule has 4 rings (SSSR count). The van der Waals surface area contributed by atoms with Crippen molar-refractivity contribution in [2.75, 3.05) is 4.90 Å². The Morgan fingerprint density at radius 3 is 2.43 bits per heavy atom. The topological polar surface area (TPSA) is 54.3 Å². The summed E-state index contributed by atoms with van der Waals surface area (Å²) in [5, 5.41) is 2.41. The Morgan fingerprint density at radius 2 is 1.68 bits per heavy atom. The summed E-state index contributed by atoms with van der Waals surface area (Å²) >= 11 is 5.13. The number of hydrogen-bond acceptors (Lipinski definition) is 3. The molecule has 3 aromatic rings. The average molecular weight is 391 g/mol. The molecule has 2 aromatic carbocycles. The smallest absolute Gasteiger partial charge is 0.270 e. The Kier molecular flexibility index (Phi) is 4.58. The molecule has 1 aliphatic rings. The Labute approximate surface area is 165 Å². The van der Waals surface area contributed by atoms with Crippen molar-refractivity contribution in [3.8, 4) is 5.69 Å². The summed E-state index contributed by atoms with van der Waals surface area (Å²) in [6, 6.07) is 18.6. The molecule has 1 saturated heterocycles. The van der Waals surface area contributed by atoms with Crippen molar-refractivity contribution in [1.82, 2.24) is 9.88 Å². The van der Waals surface area contributed by atoms with Gasteiger partial charge in [0.15, 0.2) is 5.11 Å². The van der Waals surface area contributed by atoms with E-state index in [1.807, 2.05) is 47.2 Å². The minimum Gasteiger partial charge on any atom is -0.317 e. The first-order valence-corrected chi connectivity index (χ1v) is 8.85. The first-order valence-electron chi connectivity index (χ1n) is 8.44. The highest BCUT2D eigenvalue weighted by molar-refractivity contribution is 7.80. The van der Waals surface area contributed by atoms with E-state index in [2.05, 4.69) is 5.32 Å². The second kappa shape index (κ2) is 7.21. The molecule has 0 radical (unpaired) electrons. The van der Waals surface area contributed by atoms with Crippen LogP contribution in [0.2, 0.25) is 0 Å². The number of carbonyl (C=O) groups is 2. The van der Waals surface area contributed by atoms with Crippen LogP contribution in [0.4, 0.5) is 10.1 Å². The molecular formula is C21H14FN3O2S. The van der Waals surface area contributed by atoms with Crippen molar-refractivity contribution in [3.05, 3.63) is 90.0 Å². The highest BCUT2D eigenvalue weighted by Crippen LogP contribution is 2.23. The monoisotopic (exact) mass is 391 g/mol. The number of para-hydroxylation sites is 1. The first-order chi connectivity index (χ1) is 13.5. The summed E-state index contributed by atoms with van der Waals surface area (Å²) in [6.45, 7) is 0. The fourth-order valence-corrected chi connectivity index (χ4v) is 3.27. The molecule has 5 nitrogen and oxygen atoms in total. The average Bonchev–Trinajstić information content (AvgIpc) is 3.14. The second-order valence-electron chi connectivity index (χ2n) is 6.08. The van der Waals surface area contributed by atoms with Gasteiger partial charge in [0.25, 0.3) is 11.8 Å². The number of thiocarbonyl (C=S) groups is 1. The van der Waals surface area contributed by atoms with E-state index in [-0.39, 0.29) is 16.4 Å². The first kappa shape index (κ1) is 17.8. The fourth-order valence-electron chi connectivity index (χ4n) is 2.99. The lowest BCUT2D eigenvalue weighted by atomic mass is 10.1. The van der Waals surface area contributed by atoms with Gasteiger partial charge in [-0.15, -0.1) is 0 Å². The number of carbonyl (C=O) groups excluding carboxylic acids is 2. The Hall–Kier alpha value is -3.58. The lowest BCUT2D eigenvalue weighted by Gasteiger charge is -2.29. The van der Waals surface area contributed by atoms with Gasteiger partial charge in [0.1, 0.15) is 11.4 Å². The van der Waals surface area contributed by atoms with Crippen LogP contribution < -0.4 is 10.2 Å². The highest BCUT2D eigenvalue weighted by Gasteiger charge is 2.34. The molecule has 1 aliphatic heterocycles. The zero-order valence-corrected chi connectivity index (χ0v) is 15.3. The van der Waals surface area contributed by atoms with Crippen LogP contribution in [0.1, 0.15) is 5.69 Å². The molecule has 7 heteroatoms. The maximum Gasteiger partial charge on any atom is 0.270 e. The lowest BCUT2D eigenvalue weighted by Crippen LogP contribution is -2.54. The molecule has 0 spiro atoms. The number of halogens is 1. The largest absolute Gasteiger partial charge is 0.317 e. The number of benzene rings is 2. The minimum absolute atomic E-state index is 0.0869. The van der Waals surface area contributed by atoms with Crippen LogP contribution in [0.15, 0.2) is 78.5 Å². The van der Waals surface area contributed by atoms with Crippen LogP contribution >= 0.6 is 12.2 Å². The molecule has 1 N–H and O–H groups in total. The molecule has 0 unspecified atom stereocenters. The second-order valence-corrected chi connectivity index (χ2v) is 6.46. The number of hydrogen-bond donors (Lipinski definition) is 1. The van der Waals surface area contributed by atoms with Gasteiger partial charge in [0.2, 0.25) is 0 Å². The number of rotatable bonds is 3. The Morgan fingerprint density at radius 1 is 0.929 bits per heavy atom. The van der Waals surface area contributed by atoms with Crippen molar-refractivity contribution in [2.45, 2.75) is 0 Å². The van der Waals surface area contributed by atoms with E-state index < -0.39 is 17.6 Å². The summed E-state index contributed by atoms with van der Waals surface area (Å²) in [4.78, 5) is 26.6. The molecule has 2 amide bonds. The van der Waals surface area contributed by atoms with Crippen LogP contribution in [0, 0.1) is 5.82 Å². The van der Waals surface area contributed by atoms with E-state index in [1.165, 1.54) is 24.3 Å². The van der Waals surface area contributed by atoms with Gasteiger partial charge < -0.3 is 4.57 Å². The quantitative estimate of drug-likeness (QED) is 0.423. The standard InChI is InChI=1S/C21H14FN3O2S/c22-14-6-4-9-17(12-14)25-20(27)18(19(26)23-21(25)28)13-16-10-5-11-24(16)15-7-2-1-3-8-15/h1-13H,(H,23,26,28)/b18-13+. The predicted molar refractivity (Wildman–Crippen MR) is 108 cm³/mol. The van der Waals surface area contributed by atoms with Gasteiger partial charge in [-0.25, -0.2) is 4.39 Å². The zero-order chi connectivity index (χ0) is 19.7. The van der Waals surface area contributed by atoms with Gasteiger partial charge >= 0.3 is 0 Å². The molecule has 0 bridgehead atoms. The van der Waals surface area contributed by atoms with Gasteiger partial charge in [-0.2, -0.15) is 0 Å². The van der Waals surface area contributed by atoms with Gasteiger partial charge in [0.05, 0.1) is 5.69 Å². The number of nitrogens with one attached hydrogen (secondary N) is 1. The highest BCUT2D eigenvalue weighted by atomic mass is 32.1. The number of nitrogens with zero attached hydrogens (tertiary/aromatic N) is 2. The summed E-state index contributed by atoms with van der Waals surface area (Å²) in [7, 11) is 0. The lowest BCUT2D eigenvalue weighted by molar-refractivity contribution is -0.122. The minimum atomic E-state index is -0.611. The van der Waals surface area contributed by atoms with Crippen molar-refractivity contribution >= 4 is 40.9 Å². The molecule has 0 aliphatic carbocycles. The van der Waals surface area contributed by atoms with E-state index in [0.29, 0.717) is 5.69 Å². The SMILES string of the molecule is O=C1NC(=S)N(c2cccc(F)c2)C(=O)/C1=C/c1cccn1-c1ccccc1. The molecule has 2 heterocycles. The van der Waals surface area contributed by atoms with E-state index >= 15 is 0 Å². The summed E-state index contributed by atoms with van der Waals surface area (Å²) < 4.78 is 15.5. The Bertz CT molecular complexity index is 1120. The van der Waals surface area contributed by atoms with Gasteiger partial charge in [-0.3, -0.25) is 19.8 Å². The maximum atomic E-state index is 13.6. The van der Waals surface area contributed by atoms with Crippen LogP contribution in [0.5, 0.6) is 0 Å². The van der Waals surface area contributed by atoms with Gasteiger partial charge in [-0.1, -0.05) is 24.3 Å². The van der Waals surface area contributed by atoms with Crippen molar-refractivity contribution in [1.29, 1.82) is 0 Å². The Balaban J connectivity index is 1.76. The molecule has 138 valence electrons. The molecule has 0 atom stereocenters. The van der Waals surface area contributed by atoms with Crippen molar-refractivity contribution in [3.63, 3.8) is 0 Å². The van der Waals surface area contributed by atoms with Crippen molar-refractivity contribution < 1.29 is 14.0 Å². The van der Waals surface area contributed by atoms with Crippen LogP contribution in [-0.4, -0.2) is 21.5 Å². The normalized spacial score (nSPS) is 15.8. The third-order valence-corrected chi connectivity index (χ3v) is 4.56. The van der Waals surface area contributed by atoms with Crippen LogP contribution in [0.25, 0.3) is 11.8 Å². The number of aromatic nitrogens is 1. The van der Waals surface area contributed by atoms with Crippen LogP contribution in [0.3, 0.4) is 0 Å². The molecule has 1 fully saturated rings. The third-order valence-electron chi connectivity index (χ3n) is 4.27. The molecule has 0 saturated carbocycles. The predicted octanol–water partition coefficient (Wildman–Crippen LogP) is 3.45. The van der Waals surface area contributed by atoms with E-state index in [1.54, 1.807) is 12.1 Å². The molecule has 28 heavy (non-hydrogen) atoms.